The second kappa shape index (κ2) is 11.9. The number of ether oxygens (including phenoxy) is 1. The van der Waals surface area contributed by atoms with Gasteiger partial charge in [-0.05, 0) is 55.2 Å². The van der Waals surface area contributed by atoms with Gasteiger partial charge in [0.1, 0.15) is 6.61 Å². The summed E-state index contributed by atoms with van der Waals surface area (Å²) in [5, 5.41) is 0.712. The van der Waals surface area contributed by atoms with Crippen molar-refractivity contribution in [3.8, 4) is 0 Å². The van der Waals surface area contributed by atoms with E-state index in [4.69, 9.17) is 16.3 Å². The number of nitrogens with zero attached hydrogens (tertiary/aromatic N) is 3. The second-order valence-electron chi connectivity index (χ2n) is 9.98. The molecular formula is C30H33ClN4O3. The predicted octanol–water partition coefficient (Wildman–Crippen LogP) is 5.85. The van der Waals surface area contributed by atoms with Gasteiger partial charge in [0, 0.05) is 43.3 Å². The van der Waals surface area contributed by atoms with Crippen LogP contribution in [0.15, 0.2) is 83.7 Å². The quantitative estimate of drug-likeness (QED) is 0.309. The molecule has 1 aromatic heterocycles. The number of aromatic nitrogens is 2. The minimum Gasteiger partial charge on any atom is -0.448 e. The molecule has 1 atom stereocenters. The Labute approximate surface area is 227 Å². The van der Waals surface area contributed by atoms with Crippen molar-refractivity contribution in [3.63, 3.8) is 0 Å². The van der Waals surface area contributed by atoms with Crippen molar-refractivity contribution in [2.24, 2.45) is 0 Å². The molecule has 5 rings (SSSR count). The summed E-state index contributed by atoms with van der Waals surface area (Å²) in [4.78, 5) is 32.5. The first-order valence-corrected chi connectivity index (χ1v) is 13.5. The number of rotatable bonds is 8. The van der Waals surface area contributed by atoms with Gasteiger partial charge in [-0.15, -0.1) is 0 Å². The first-order chi connectivity index (χ1) is 18.5. The first kappa shape index (κ1) is 26.1. The van der Waals surface area contributed by atoms with E-state index in [1.807, 2.05) is 71.3 Å². The number of H-pyrrole nitrogens is 1. The summed E-state index contributed by atoms with van der Waals surface area (Å²) in [5.41, 5.74) is 4.01. The summed E-state index contributed by atoms with van der Waals surface area (Å²) < 4.78 is 7.62. The third-order valence-electron chi connectivity index (χ3n) is 7.31. The Hall–Kier alpha value is -3.55. The lowest BCUT2D eigenvalue weighted by Gasteiger charge is -2.33. The molecule has 8 heteroatoms. The number of nitrogens with one attached hydrogen (secondary N) is 1. The number of piperidine rings is 1. The molecule has 0 radical (unpaired) electrons. The molecule has 0 bridgehead atoms. The number of likely N-dealkylation sites (tertiary alicyclic amines) is 1. The van der Waals surface area contributed by atoms with E-state index in [1.165, 1.54) is 5.56 Å². The SMILES string of the molecule is CC(COC(=O)N1CCC(n2c(=O)[nH]c3ccccc32)CC1)N(Cc1ccccc1)Cc1ccc(Cl)cc1. The first-order valence-electron chi connectivity index (χ1n) is 13.1. The van der Waals surface area contributed by atoms with Crippen LogP contribution in [-0.4, -0.2) is 51.2 Å². The molecule has 1 N–H and O–H groups in total. The number of benzene rings is 3. The zero-order valence-electron chi connectivity index (χ0n) is 21.6. The molecule has 4 aromatic rings. The lowest BCUT2D eigenvalue weighted by atomic mass is 10.0. The Balaban J connectivity index is 1.18. The van der Waals surface area contributed by atoms with Crippen molar-refractivity contribution in [1.29, 1.82) is 0 Å². The van der Waals surface area contributed by atoms with E-state index in [9.17, 15) is 9.59 Å². The maximum absolute atomic E-state index is 12.9. The van der Waals surface area contributed by atoms with Crippen LogP contribution >= 0.6 is 11.6 Å². The number of hydrogen-bond acceptors (Lipinski definition) is 4. The number of para-hydroxylation sites is 2. The van der Waals surface area contributed by atoms with Crippen molar-refractivity contribution in [1.82, 2.24) is 19.4 Å². The molecule has 0 spiro atoms. The van der Waals surface area contributed by atoms with E-state index in [0.29, 0.717) is 37.6 Å². The highest BCUT2D eigenvalue weighted by Crippen LogP contribution is 2.25. The van der Waals surface area contributed by atoms with E-state index in [2.05, 4.69) is 28.9 Å². The highest BCUT2D eigenvalue weighted by Gasteiger charge is 2.27. The van der Waals surface area contributed by atoms with E-state index in [1.54, 1.807) is 4.90 Å². The van der Waals surface area contributed by atoms with Gasteiger partial charge in [-0.1, -0.05) is 66.2 Å². The molecule has 1 amide bonds. The zero-order chi connectivity index (χ0) is 26.5. The monoisotopic (exact) mass is 532 g/mol. The van der Waals surface area contributed by atoms with Gasteiger partial charge in [0.05, 0.1) is 11.0 Å². The number of aromatic amines is 1. The Morgan fingerprint density at radius 3 is 2.32 bits per heavy atom. The average molecular weight is 533 g/mol. The molecule has 38 heavy (non-hydrogen) atoms. The van der Waals surface area contributed by atoms with Crippen LogP contribution in [0, 0.1) is 0 Å². The number of imidazole rings is 1. The normalized spacial score (nSPS) is 15.2. The van der Waals surface area contributed by atoms with Gasteiger partial charge in [0.2, 0.25) is 0 Å². The van der Waals surface area contributed by atoms with Gasteiger partial charge in [-0.3, -0.25) is 9.47 Å². The lowest BCUT2D eigenvalue weighted by molar-refractivity contribution is 0.0567. The lowest BCUT2D eigenvalue weighted by Crippen LogP contribution is -2.42. The average Bonchev–Trinajstić information content (AvgIpc) is 3.28. The second-order valence-corrected chi connectivity index (χ2v) is 10.4. The highest BCUT2D eigenvalue weighted by atomic mass is 35.5. The molecule has 1 aliphatic heterocycles. The topological polar surface area (TPSA) is 70.6 Å². The van der Waals surface area contributed by atoms with Crippen LogP contribution in [0.2, 0.25) is 5.02 Å². The van der Waals surface area contributed by atoms with E-state index >= 15 is 0 Å². The number of halogens is 1. The van der Waals surface area contributed by atoms with Crippen molar-refractivity contribution in [2.75, 3.05) is 19.7 Å². The van der Waals surface area contributed by atoms with E-state index in [0.717, 1.165) is 29.7 Å². The van der Waals surface area contributed by atoms with Crippen LogP contribution in [0.3, 0.4) is 0 Å². The minimum absolute atomic E-state index is 0.0113. The Morgan fingerprint density at radius 2 is 1.61 bits per heavy atom. The smallest absolute Gasteiger partial charge is 0.409 e. The fourth-order valence-corrected chi connectivity index (χ4v) is 5.27. The molecule has 3 aromatic carbocycles. The fourth-order valence-electron chi connectivity index (χ4n) is 5.14. The number of carbonyl (C=O) groups is 1. The molecule has 1 unspecified atom stereocenters. The fraction of sp³-hybridized carbons (Fsp3) is 0.333. The number of hydrogen-bond donors (Lipinski definition) is 1. The molecule has 7 nitrogen and oxygen atoms in total. The van der Waals surface area contributed by atoms with Crippen molar-refractivity contribution < 1.29 is 9.53 Å². The van der Waals surface area contributed by atoms with Crippen LogP contribution in [0.1, 0.15) is 36.9 Å². The van der Waals surface area contributed by atoms with Crippen LogP contribution in [0.4, 0.5) is 4.79 Å². The molecule has 1 fully saturated rings. The molecular weight excluding hydrogens is 500 g/mol. The van der Waals surface area contributed by atoms with Crippen molar-refractivity contribution in [3.05, 3.63) is 105 Å². The molecule has 198 valence electrons. The van der Waals surface area contributed by atoms with Gasteiger partial charge >= 0.3 is 11.8 Å². The molecule has 1 saturated heterocycles. The maximum Gasteiger partial charge on any atom is 0.409 e. The minimum atomic E-state index is -0.298. The number of amides is 1. The van der Waals surface area contributed by atoms with Crippen molar-refractivity contribution >= 4 is 28.7 Å². The van der Waals surface area contributed by atoms with Crippen LogP contribution in [0.25, 0.3) is 11.0 Å². The Bertz CT molecular complexity index is 1410. The molecule has 0 saturated carbocycles. The van der Waals surface area contributed by atoms with Gasteiger partial charge < -0.3 is 14.6 Å². The van der Waals surface area contributed by atoms with Gasteiger partial charge in [-0.2, -0.15) is 0 Å². The van der Waals surface area contributed by atoms with Gasteiger partial charge in [-0.25, -0.2) is 9.59 Å². The maximum atomic E-state index is 12.9. The highest BCUT2D eigenvalue weighted by molar-refractivity contribution is 6.30. The van der Waals surface area contributed by atoms with Crippen molar-refractivity contribution in [2.45, 2.75) is 44.9 Å². The van der Waals surface area contributed by atoms with Crippen LogP contribution < -0.4 is 5.69 Å². The van der Waals surface area contributed by atoms with E-state index in [-0.39, 0.29) is 23.9 Å². The number of fused-ring (bicyclic) bond motifs is 1. The third-order valence-corrected chi connectivity index (χ3v) is 7.56. The third kappa shape index (κ3) is 6.11. The van der Waals surface area contributed by atoms with Gasteiger partial charge in [0.15, 0.2) is 0 Å². The molecule has 2 heterocycles. The summed E-state index contributed by atoms with van der Waals surface area (Å²) in [6, 6.07) is 25.9. The summed E-state index contributed by atoms with van der Waals surface area (Å²) in [6.45, 7) is 4.95. The summed E-state index contributed by atoms with van der Waals surface area (Å²) in [5.74, 6) is 0. The largest absolute Gasteiger partial charge is 0.448 e. The summed E-state index contributed by atoms with van der Waals surface area (Å²) in [6.07, 6.45) is 1.12. The predicted molar refractivity (Wildman–Crippen MR) is 150 cm³/mol. The zero-order valence-corrected chi connectivity index (χ0v) is 22.3. The van der Waals surface area contributed by atoms with Gasteiger partial charge in [0.25, 0.3) is 0 Å². The molecule has 0 aliphatic carbocycles. The Kier molecular flexibility index (Phi) is 8.15. The summed E-state index contributed by atoms with van der Waals surface area (Å²) >= 11 is 6.08. The van der Waals surface area contributed by atoms with Crippen LogP contribution in [0.5, 0.6) is 0 Å². The number of carbonyl (C=O) groups excluding carboxylic acids is 1. The standard InChI is InChI=1S/C30H33ClN4O3/c1-22(34(19-23-7-3-2-4-8-23)20-24-11-13-25(31)14-12-24)21-38-30(37)33-17-15-26(16-18-33)35-28-10-6-5-9-27(28)32-29(35)36/h2-14,22,26H,15-21H2,1H3,(H,32,36). The van der Waals surface area contributed by atoms with Crippen LogP contribution in [-0.2, 0) is 17.8 Å². The summed E-state index contributed by atoms with van der Waals surface area (Å²) in [7, 11) is 0. The Morgan fingerprint density at radius 1 is 0.974 bits per heavy atom. The van der Waals surface area contributed by atoms with E-state index < -0.39 is 0 Å². The molecule has 1 aliphatic rings.